The molecular formula is C20H27N5O2. The average Bonchev–Trinajstić information content (AvgIpc) is 2.98. The van der Waals surface area contributed by atoms with E-state index in [2.05, 4.69) is 20.6 Å². The number of carbonyl (C=O) groups is 2. The van der Waals surface area contributed by atoms with E-state index in [1.807, 2.05) is 26.0 Å². The summed E-state index contributed by atoms with van der Waals surface area (Å²) in [4.78, 5) is 27.0. The molecule has 2 N–H and O–H groups in total. The van der Waals surface area contributed by atoms with Gasteiger partial charge in [0.25, 0.3) is 5.91 Å². The Morgan fingerprint density at radius 2 is 1.85 bits per heavy atom. The number of carbonyl (C=O) groups excluding carboxylic acids is 2. The minimum atomic E-state index is -0.213. The van der Waals surface area contributed by atoms with Crippen molar-refractivity contribution >= 4 is 23.2 Å². The molecule has 1 saturated heterocycles. The van der Waals surface area contributed by atoms with Crippen LogP contribution in [0.15, 0.2) is 24.4 Å². The zero-order valence-corrected chi connectivity index (χ0v) is 16.2. The number of hydrogen-bond acceptors (Lipinski definition) is 4. The Bertz CT molecular complexity index is 837. The standard InChI is InChI=1S/C20H27N5O2/c1-14-7-8-16(22-20(27)17-12-21-24(3)15(17)2)11-18(14)23-19(26)13-25-9-5-4-6-10-25/h7-8,11-12H,4-6,9-10,13H2,1-3H3,(H,22,27)(H,23,26). The van der Waals surface area contributed by atoms with E-state index in [4.69, 9.17) is 0 Å². The molecule has 0 bridgehead atoms. The summed E-state index contributed by atoms with van der Waals surface area (Å²) in [6.45, 7) is 6.15. The fourth-order valence-corrected chi connectivity index (χ4v) is 3.26. The fraction of sp³-hybridized carbons (Fsp3) is 0.450. The maximum atomic E-state index is 12.5. The van der Waals surface area contributed by atoms with E-state index < -0.39 is 0 Å². The lowest BCUT2D eigenvalue weighted by atomic mass is 10.1. The van der Waals surface area contributed by atoms with Crippen LogP contribution >= 0.6 is 0 Å². The molecule has 1 aliphatic heterocycles. The second-order valence-electron chi connectivity index (χ2n) is 7.14. The summed E-state index contributed by atoms with van der Waals surface area (Å²) in [6.07, 6.45) is 5.11. The number of rotatable bonds is 5. The van der Waals surface area contributed by atoms with Gasteiger partial charge in [-0.3, -0.25) is 19.2 Å². The molecular weight excluding hydrogens is 342 g/mol. The molecule has 3 rings (SSSR count). The molecule has 144 valence electrons. The minimum Gasteiger partial charge on any atom is -0.325 e. The summed E-state index contributed by atoms with van der Waals surface area (Å²) in [6, 6.07) is 5.52. The number of benzene rings is 1. The van der Waals surface area contributed by atoms with Crippen LogP contribution in [0.5, 0.6) is 0 Å². The highest BCUT2D eigenvalue weighted by Gasteiger charge is 2.16. The van der Waals surface area contributed by atoms with Crippen LogP contribution < -0.4 is 10.6 Å². The summed E-state index contributed by atoms with van der Waals surface area (Å²) in [5.41, 5.74) is 3.65. The molecule has 2 heterocycles. The Morgan fingerprint density at radius 1 is 1.11 bits per heavy atom. The third-order valence-electron chi connectivity index (χ3n) is 5.07. The van der Waals surface area contributed by atoms with Gasteiger partial charge in [-0.15, -0.1) is 0 Å². The Balaban J connectivity index is 1.65. The van der Waals surface area contributed by atoms with Crippen molar-refractivity contribution in [2.45, 2.75) is 33.1 Å². The third kappa shape index (κ3) is 4.74. The minimum absolute atomic E-state index is 0.0217. The van der Waals surface area contributed by atoms with E-state index in [1.165, 1.54) is 6.42 Å². The lowest BCUT2D eigenvalue weighted by Crippen LogP contribution is -2.36. The van der Waals surface area contributed by atoms with Crippen LogP contribution in [-0.2, 0) is 11.8 Å². The first kappa shape index (κ1) is 19.1. The maximum absolute atomic E-state index is 12.5. The van der Waals surface area contributed by atoms with Crippen LogP contribution in [0, 0.1) is 13.8 Å². The highest BCUT2D eigenvalue weighted by molar-refractivity contribution is 6.05. The van der Waals surface area contributed by atoms with Crippen LogP contribution in [0.2, 0.25) is 0 Å². The highest BCUT2D eigenvalue weighted by Crippen LogP contribution is 2.21. The maximum Gasteiger partial charge on any atom is 0.259 e. The number of anilines is 2. The number of aryl methyl sites for hydroxylation is 2. The van der Waals surface area contributed by atoms with Crippen molar-refractivity contribution in [3.63, 3.8) is 0 Å². The van der Waals surface area contributed by atoms with Gasteiger partial charge in [0.1, 0.15) is 0 Å². The monoisotopic (exact) mass is 369 g/mol. The molecule has 0 unspecified atom stereocenters. The van der Waals surface area contributed by atoms with E-state index >= 15 is 0 Å². The Labute approximate surface area is 159 Å². The quantitative estimate of drug-likeness (QED) is 0.849. The van der Waals surface area contributed by atoms with Crippen molar-refractivity contribution in [3.8, 4) is 0 Å². The van der Waals surface area contributed by atoms with Gasteiger partial charge >= 0.3 is 0 Å². The van der Waals surface area contributed by atoms with Gasteiger partial charge in [0.05, 0.1) is 18.3 Å². The predicted octanol–water partition coefficient (Wildman–Crippen LogP) is 2.71. The molecule has 1 fully saturated rings. The van der Waals surface area contributed by atoms with E-state index in [-0.39, 0.29) is 11.8 Å². The van der Waals surface area contributed by atoms with Gasteiger partial charge in [0, 0.05) is 24.1 Å². The average molecular weight is 369 g/mol. The molecule has 27 heavy (non-hydrogen) atoms. The zero-order valence-electron chi connectivity index (χ0n) is 16.2. The number of nitrogens with one attached hydrogen (secondary N) is 2. The number of likely N-dealkylation sites (tertiary alicyclic amines) is 1. The van der Waals surface area contributed by atoms with Crippen LogP contribution in [0.1, 0.15) is 40.9 Å². The van der Waals surface area contributed by atoms with Gasteiger partial charge in [0.15, 0.2) is 0 Å². The van der Waals surface area contributed by atoms with E-state index in [0.717, 1.165) is 42.9 Å². The summed E-state index contributed by atoms with van der Waals surface area (Å²) >= 11 is 0. The second-order valence-corrected chi connectivity index (χ2v) is 7.14. The number of nitrogens with zero attached hydrogens (tertiary/aromatic N) is 3. The first-order chi connectivity index (χ1) is 12.9. The van der Waals surface area contributed by atoms with Gasteiger partial charge in [-0.2, -0.15) is 5.10 Å². The van der Waals surface area contributed by atoms with Crippen LogP contribution in [-0.4, -0.2) is 46.1 Å². The van der Waals surface area contributed by atoms with Crippen LogP contribution in [0.3, 0.4) is 0 Å². The van der Waals surface area contributed by atoms with E-state index in [9.17, 15) is 9.59 Å². The fourth-order valence-electron chi connectivity index (χ4n) is 3.26. The summed E-state index contributed by atoms with van der Waals surface area (Å²) < 4.78 is 1.66. The molecule has 7 heteroatoms. The van der Waals surface area contributed by atoms with Gasteiger partial charge in [-0.1, -0.05) is 12.5 Å². The first-order valence-corrected chi connectivity index (χ1v) is 9.37. The molecule has 0 radical (unpaired) electrons. The highest BCUT2D eigenvalue weighted by atomic mass is 16.2. The zero-order chi connectivity index (χ0) is 19.4. The summed E-state index contributed by atoms with van der Waals surface area (Å²) in [5, 5.41) is 9.96. The second kappa shape index (κ2) is 8.35. The van der Waals surface area contributed by atoms with Crippen molar-refractivity contribution in [2.75, 3.05) is 30.3 Å². The van der Waals surface area contributed by atoms with Gasteiger partial charge in [-0.05, 0) is 57.5 Å². The van der Waals surface area contributed by atoms with Crippen molar-refractivity contribution in [1.29, 1.82) is 0 Å². The van der Waals surface area contributed by atoms with Crippen molar-refractivity contribution in [1.82, 2.24) is 14.7 Å². The van der Waals surface area contributed by atoms with Crippen molar-refractivity contribution < 1.29 is 9.59 Å². The summed E-state index contributed by atoms with van der Waals surface area (Å²) in [5.74, 6) is -0.235. The Morgan fingerprint density at radius 3 is 2.52 bits per heavy atom. The molecule has 1 aromatic carbocycles. The number of hydrogen-bond donors (Lipinski definition) is 2. The third-order valence-corrected chi connectivity index (χ3v) is 5.07. The lowest BCUT2D eigenvalue weighted by molar-refractivity contribution is -0.117. The Hall–Kier alpha value is -2.67. The topological polar surface area (TPSA) is 79.3 Å². The van der Waals surface area contributed by atoms with Crippen LogP contribution in [0.25, 0.3) is 0 Å². The molecule has 0 atom stereocenters. The SMILES string of the molecule is Cc1ccc(NC(=O)c2cnn(C)c2C)cc1NC(=O)CN1CCCCC1. The smallest absolute Gasteiger partial charge is 0.259 e. The molecule has 2 amide bonds. The first-order valence-electron chi connectivity index (χ1n) is 9.37. The molecule has 0 aliphatic carbocycles. The summed E-state index contributed by atoms with van der Waals surface area (Å²) in [7, 11) is 1.80. The molecule has 1 aliphatic rings. The van der Waals surface area contributed by atoms with Crippen LogP contribution in [0.4, 0.5) is 11.4 Å². The van der Waals surface area contributed by atoms with Gasteiger partial charge in [-0.25, -0.2) is 0 Å². The molecule has 1 aromatic heterocycles. The van der Waals surface area contributed by atoms with Crippen molar-refractivity contribution in [2.24, 2.45) is 7.05 Å². The Kier molecular flexibility index (Phi) is 5.91. The molecule has 2 aromatic rings. The number of amides is 2. The molecule has 7 nitrogen and oxygen atoms in total. The normalized spacial score (nSPS) is 14.8. The number of aromatic nitrogens is 2. The van der Waals surface area contributed by atoms with Crippen molar-refractivity contribution in [3.05, 3.63) is 41.2 Å². The van der Waals surface area contributed by atoms with Gasteiger partial charge in [0.2, 0.25) is 5.91 Å². The molecule has 0 spiro atoms. The predicted molar refractivity (Wildman–Crippen MR) is 106 cm³/mol. The van der Waals surface area contributed by atoms with Gasteiger partial charge < -0.3 is 10.6 Å². The van der Waals surface area contributed by atoms with E-state index in [0.29, 0.717) is 17.8 Å². The molecule has 0 saturated carbocycles. The lowest BCUT2D eigenvalue weighted by Gasteiger charge is -2.25. The largest absolute Gasteiger partial charge is 0.325 e. The number of piperidine rings is 1. The van der Waals surface area contributed by atoms with E-state index in [1.54, 1.807) is 24.0 Å².